The fraction of sp³-hybridized carbons (Fsp3) is 0.259. The van der Waals surface area contributed by atoms with Crippen LogP contribution < -0.4 is 4.90 Å². The maximum atomic E-state index is 11.6. The van der Waals surface area contributed by atoms with Crippen molar-refractivity contribution < 1.29 is 24.2 Å². The summed E-state index contributed by atoms with van der Waals surface area (Å²) in [6.45, 7) is 5.23. The van der Waals surface area contributed by atoms with Crippen LogP contribution in [-0.4, -0.2) is 38.6 Å². The van der Waals surface area contributed by atoms with Gasteiger partial charge in [-0.3, -0.25) is 9.59 Å². The molecule has 9 nitrogen and oxygen atoms in total. The summed E-state index contributed by atoms with van der Waals surface area (Å²) in [6, 6.07) is 18.8. The first-order valence-corrected chi connectivity index (χ1v) is 11.9. The summed E-state index contributed by atoms with van der Waals surface area (Å²) in [5, 5.41) is 20.3. The van der Waals surface area contributed by atoms with Crippen LogP contribution in [0.5, 0.6) is 5.75 Å². The molecule has 0 unspecified atom stereocenters. The number of aromatic hydroxyl groups is 1. The molecule has 4 aromatic rings. The number of rotatable bonds is 7. The summed E-state index contributed by atoms with van der Waals surface area (Å²) in [5.41, 5.74) is 5.34. The predicted octanol–water partition coefficient (Wildman–Crippen LogP) is 4.20. The van der Waals surface area contributed by atoms with E-state index in [0.717, 1.165) is 34.3 Å². The summed E-state index contributed by atoms with van der Waals surface area (Å²) < 4.78 is 10.3. The van der Waals surface area contributed by atoms with E-state index in [9.17, 15) is 14.7 Å². The Kier molecular flexibility index (Phi) is 6.28. The molecule has 36 heavy (non-hydrogen) atoms. The molecule has 2 heterocycles. The van der Waals surface area contributed by atoms with E-state index < -0.39 is 18.2 Å². The van der Waals surface area contributed by atoms with Crippen LogP contribution in [0, 0.1) is 0 Å². The Hall–Kier alpha value is -4.40. The van der Waals surface area contributed by atoms with Gasteiger partial charge >= 0.3 is 11.9 Å². The zero-order valence-corrected chi connectivity index (χ0v) is 20.0. The van der Waals surface area contributed by atoms with Gasteiger partial charge in [-0.05, 0) is 61.4 Å². The van der Waals surface area contributed by atoms with Crippen molar-refractivity contribution in [1.82, 2.24) is 15.0 Å². The van der Waals surface area contributed by atoms with Gasteiger partial charge in [0.05, 0.1) is 0 Å². The SMILES string of the molecule is CCc1cc(CN(CC)c2ccc(C3OC(=O)CC(=O)O3)cc2)c(O)c(-n2nc3ccccc3n2)c1. The molecule has 0 radical (unpaired) electrons. The number of aromatic nitrogens is 3. The van der Waals surface area contributed by atoms with Gasteiger partial charge in [0.25, 0.3) is 6.29 Å². The summed E-state index contributed by atoms with van der Waals surface area (Å²) in [6.07, 6.45) is -0.613. The minimum atomic E-state index is -1.03. The topological polar surface area (TPSA) is 107 Å². The number of phenolic OH excluding ortho intramolecular Hbond substituents is 1. The van der Waals surface area contributed by atoms with Crippen molar-refractivity contribution in [3.63, 3.8) is 0 Å². The van der Waals surface area contributed by atoms with Gasteiger partial charge in [-0.1, -0.05) is 25.1 Å². The minimum absolute atomic E-state index is 0.128. The van der Waals surface area contributed by atoms with E-state index in [2.05, 4.69) is 22.0 Å². The van der Waals surface area contributed by atoms with Crippen LogP contribution in [0.25, 0.3) is 16.7 Å². The Morgan fingerprint density at radius 1 is 0.972 bits per heavy atom. The van der Waals surface area contributed by atoms with Gasteiger partial charge in [0.15, 0.2) is 0 Å². The van der Waals surface area contributed by atoms with Crippen LogP contribution in [0.1, 0.15) is 43.2 Å². The first-order chi connectivity index (χ1) is 17.4. The number of carbonyl (C=O) groups is 2. The summed E-state index contributed by atoms with van der Waals surface area (Å²) >= 11 is 0. The van der Waals surface area contributed by atoms with Crippen molar-refractivity contribution in [3.8, 4) is 11.4 Å². The van der Waals surface area contributed by atoms with Gasteiger partial charge in [0.2, 0.25) is 0 Å². The molecular formula is C27H26N4O5. The van der Waals surface area contributed by atoms with E-state index in [0.29, 0.717) is 24.3 Å². The van der Waals surface area contributed by atoms with Gasteiger partial charge in [0.1, 0.15) is 28.9 Å². The average molecular weight is 487 g/mol. The Morgan fingerprint density at radius 3 is 2.19 bits per heavy atom. The van der Waals surface area contributed by atoms with E-state index >= 15 is 0 Å². The number of hydrogen-bond acceptors (Lipinski definition) is 8. The van der Waals surface area contributed by atoms with Gasteiger partial charge in [0, 0.05) is 29.9 Å². The number of aryl methyl sites for hydroxylation is 1. The van der Waals surface area contributed by atoms with E-state index in [1.54, 1.807) is 12.1 Å². The highest BCUT2D eigenvalue weighted by Gasteiger charge is 2.29. The van der Waals surface area contributed by atoms with Gasteiger partial charge in [-0.25, -0.2) is 0 Å². The molecular weight excluding hydrogens is 460 g/mol. The molecule has 1 aliphatic heterocycles. The van der Waals surface area contributed by atoms with Crippen LogP contribution in [0.15, 0.2) is 60.7 Å². The lowest BCUT2D eigenvalue weighted by atomic mass is 10.0. The van der Waals surface area contributed by atoms with Crippen molar-refractivity contribution in [2.45, 2.75) is 39.5 Å². The van der Waals surface area contributed by atoms with Crippen LogP contribution in [0.2, 0.25) is 0 Å². The Labute approximate surface area is 207 Å². The van der Waals surface area contributed by atoms with Crippen LogP contribution in [0.3, 0.4) is 0 Å². The number of anilines is 1. The van der Waals surface area contributed by atoms with Crippen molar-refractivity contribution in [2.75, 3.05) is 11.4 Å². The van der Waals surface area contributed by atoms with Crippen molar-refractivity contribution >= 4 is 28.7 Å². The second-order valence-corrected chi connectivity index (χ2v) is 8.55. The second-order valence-electron chi connectivity index (χ2n) is 8.55. The van der Waals surface area contributed by atoms with Gasteiger partial charge < -0.3 is 19.5 Å². The lowest BCUT2D eigenvalue weighted by Crippen LogP contribution is -2.27. The molecule has 1 aromatic heterocycles. The monoisotopic (exact) mass is 486 g/mol. The van der Waals surface area contributed by atoms with Gasteiger partial charge in [-0.15, -0.1) is 15.0 Å². The second kappa shape index (κ2) is 9.69. The average Bonchev–Trinajstić information content (AvgIpc) is 3.32. The number of phenols is 1. The van der Waals surface area contributed by atoms with Crippen LogP contribution >= 0.6 is 0 Å². The molecule has 1 aliphatic rings. The number of carbonyl (C=O) groups excluding carboxylic acids is 2. The fourth-order valence-electron chi connectivity index (χ4n) is 4.22. The van der Waals surface area contributed by atoms with E-state index in [1.807, 2.05) is 55.5 Å². The summed E-state index contributed by atoms with van der Waals surface area (Å²) in [5.74, 6) is -1.07. The maximum absolute atomic E-state index is 11.6. The quantitative estimate of drug-likeness (QED) is 0.306. The van der Waals surface area contributed by atoms with Crippen LogP contribution in [-0.2, 0) is 32.0 Å². The Balaban J connectivity index is 1.42. The molecule has 1 fully saturated rings. The Bertz CT molecular complexity index is 1380. The van der Waals surface area contributed by atoms with E-state index in [4.69, 9.17) is 9.47 Å². The number of benzene rings is 3. The molecule has 0 atom stereocenters. The molecule has 3 aromatic carbocycles. The smallest absolute Gasteiger partial charge is 0.320 e. The molecule has 0 aliphatic carbocycles. The molecule has 1 saturated heterocycles. The zero-order valence-electron chi connectivity index (χ0n) is 20.0. The molecule has 0 spiro atoms. The largest absolute Gasteiger partial charge is 0.505 e. The lowest BCUT2D eigenvalue weighted by molar-refractivity contribution is -0.204. The number of hydrogen-bond donors (Lipinski definition) is 1. The summed E-state index contributed by atoms with van der Waals surface area (Å²) in [7, 11) is 0. The lowest BCUT2D eigenvalue weighted by Gasteiger charge is -2.26. The first-order valence-electron chi connectivity index (χ1n) is 11.9. The molecule has 9 heteroatoms. The minimum Gasteiger partial charge on any atom is -0.505 e. The Morgan fingerprint density at radius 2 is 1.61 bits per heavy atom. The standard InChI is InChI=1S/C27H26N4O5/c1-3-17-13-19(26(34)23(14-17)31-28-21-7-5-6-8-22(21)29-31)16-30(4-2)20-11-9-18(10-12-20)27-35-24(32)15-25(33)36-27/h5-14,27,34H,3-4,15-16H2,1-2H3. The number of nitrogens with zero attached hydrogens (tertiary/aromatic N) is 4. The predicted molar refractivity (Wildman–Crippen MR) is 133 cm³/mol. The molecule has 184 valence electrons. The highest BCUT2D eigenvalue weighted by atomic mass is 16.7. The third-order valence-electron chi connectivity index (χ3n) is 6.18. The highest BCUT2D eigenvalue weighted by molar-refractivity contribution is 5.92. The molecule has 0 saturated carbocycles. The van der Waals surface area contributed by atoms with Crippen LogP contribution in [0.4, 0.5) is 5.69 Å². The zero-order chi connectivity index (χ0) is 25.2. The maximum Gasteiger partial charge on any atom is 0.320 e. The third-order valence-corrected chi connectivity index (χ3v) is 6.18. The fourth-order valence-corrected chi connectivity index (χ4v) is 4.22. The van der Waals surface area contributed by atoms with E-state index in [1.165, 1.54) is 4.80 Å². The normalized spacial score (nSPS) is 14.1. The van der Waals surface area contributed by atoms with E-state index in [-0.39, 0.29) is 12.2 Å². The number of cyclic esters (lactones) is 2. The first kappa shape index (κ1) is 23.3. The number of ether oxygens (including phenoxy) is 2. The number of fused-ring (bicyclic) bond motifs is 1. The summed E-state index contributed by atoms with van der Waals surface area (Å²) in [4.78, 5) is 26.8. The highest BCUT2D eigenvalue weighted by Crippen LogP contribution is 2.32. The van der Waals surface area contributed by atoms with Crippen molar-refractivity contribution in [1.29, 1.82) is 0 Å². The molecule has 5 rings (SSSR count). The van der Waals surface area contributed by atoms with Crippen molar-refractivity contribution in [2.24, 2.45) is 0 Å². The number of esters is 2. The van der Waals surface area contributed by atoms with Gasteiger partial charge in [-0.2, -0.15) is 0 Å². The molecule has 1 N–H and O–H groups in total. The van der Waals surface area contributed by atoms with Crippen molar-refractivity contribution in [3.05, 3.63) is 77.4 Å². The molecule has 0 amide bonds. The molecule has 0 bridgehead atoms. The third kappa shape index (κ3) is 4.59.